The van der Waals surface area contributed by atoms with E-state index < -0.39 is 0 Å². The fourth-order valence-corrected chi connectivity index (χ4v) is 1.44. The Kier molecular flexibility index (Phi) is 4.49. The Labute approximate surface area is 83.5 Å². The fourth-order valence-electron chi connectivity index (χ4n) is 1.14. The lowest BCUT2D eigenvalue weighted by molar-refractivity contribution is 0.927. The van der Waals surface area contributed by atoms with Gasteiger partial charge in [0.05, 0.1) is 0 Å². The summed E-state index contributed by atoms with van der Waals surface area (Å²) in [6.45, 7) is 0. The molecule has 0 aromatic heterocycles. The normalized spacial score (nSPS) is 10.2. The van der Waals surface area contributed by atoms with Crippen molar-refractivity contribution in [1.29, 1.82) is 0 Å². The highest BCUT2D eigenvalue weighted by Gasteiger charge is 1.94. The molecule has 0 spiro atoms. The quantitative estimate of drug-likeness (QED) is 0.656. The molecule has 0 bridgehead atoms. The van der Waals surface area contributed by atoms with E-state index in [1.807, 2.05) is 12.1 Å². The highest BCUT2D eigenvalue weighted by Crippen LogP contribution is 2.09. The van der Waals surface area contributed by atoms with E-state index >= 15 is 0 Å². The van der Waals surface area contributed by atoms with Crippen LogP contribution in [0.15, 0.2) is 24.3 Å². The van der Waals surface area contributed by atoms with Crippen LogP contribution in [-0.4, -0.2) is 5.88 Å². The molecule has 0 aliphatic heterocycles. The zero-order chi connectivity index (χ0) is 8.81. The van der Waals surface area contributed by atoms with E-state index in [-0.39, 0.29) is 0 Å². The molecule has 0 unspecified atom stereocenters. The van der Waals surface area contributed by atoms with Gasteiger partial charge in [-0.25, -0.2) is 0 Å². The van der Waals surface area contributed by atoms with Gasteiger partial charge in [-0.2, -0.15) is 0 Å². The number of hydrogen-bond acceptors (Lipinski definition) is 0. The first-order valence-electron chi connectivity index (χ1n) is 4.06. The minimum absolute atomic E-state index is 0.592. The monoisotopic (exact) mass is 202 g/mol. The molecule has 0 N–H and O–H groups in total. The maximum atomic E-state index is 5.71. The first-order valence-corrected chi connectivity index (χ1v) is 5.13. The third-order valence-corrected chi connectivity index (χ3v) is 2.32. The molecular weight excluding hydrogens is 191 g/mol. The molecule has 0 aliphatic carbocycles. The van der Waals surface area contributed by atoms with Gasteiger partial charge in [0.25, 0.3) is 0 Å². The SMILES string of the molecule is ClCCCc1cccc(CCl)c1. The van der Waals surface area contributed by atoms with E-state index in [2.05, 4.69) is 12.1 Å². The summed E-state index contributed by atoms with van der Waals surface area (Å²) >= 11 is 11.3. The number of halogens is 2. The molecule has 0 radical (unpaired) electrons. The van der Waals surface area contributed by atoms with Gasteiger partial charge < -0.3 is 0 Å². The van der Waals surface area contributed by atoms with E-state index in [4.69, 9.17) is 23.2 Å². The second kappa shape index (κ2) is 5.45. The molecular formula is C10H12Cl2. The van der Waals surface area contributed by atoms with E-state index in [1.165, 1.54) is 11.1 Å². The summed E-state index contributed by atoms with van der Waals surface area (Å²) < 4.78 is 0. The maximum Gasteiger partial charge on any atom is 0.0474 e. The predicted octanol–water partition coefficient (Wildman–Crippen LogP) is 3.60. The molecule has 0 atom stereocenters. The average Bonchev–Trinajstić information content (AvgIpc) is 2.15. The highest BCUT2D eigenvalue weighted by atomic mass is 35.5. The fraction of sp³-hybridized carbons (Fsp3) is 0.400. The molecule has 0 fully saturated rings. The zero-order valence-corrected chi connectivity index (χ0v) is 8.41. The summed E-state index contributed by atoms with van der Waals surface area (Å²) in [5.74, 6) is 1.32. The standard InChI is InChI=1S/C10H12Cl2/c11-6-2-5-9-3-1-4-10(7-9)8-12/h1,3-4,7H,2,5-6,8H2. The molecule has 0 saturated carbocycles. The molecule has 1 rings (SSSR count). The smallest absolute Gasteiger partial charge is 0.0474 e. The number of aryl methyl sites for hydroxylation is 1. The van der Waals surface area contributed by atoms with Crippen LogP contribution in [0.5, 0.6) is 0 Å². The van der Waals surface area contributed by atoms with Gasteiger partial charge in [-0.15, -0.1) is 23.2 Å². The number of hydrogen-bond donors (Lipinski definition) is 0. The third kappa shape index (κ3) is 3.04. The van der Waals surface area contributed by atoms with Crippen LogP contribution in [-0.2, 0) is 12.3 Å². The summed E-state index contributed by atoms with van der Waals surface area (Å²) in [5.41, 5.74) is 2.51. The Morgan fingerprint density at radius 1 is 1.08 bits per heavy atom. The lowest BCUT2D eigenvalue weighted by Gasteiger charge is -2.00. The molecule has 0 aliphatic rings. The topological polar surface area (TPSA) is 0 Å². The van der Waals surface area contributed by atoms with Gasteiger partial charge >= 0.3 is 0 Å². The van der Waals surface area contributed by atoms with Crippen LogP contribution in [0.4, 0.5) is 0 Å². The van der Waals surface area contributed by atoms with Crippen molar-refractivity contribution in [1.82, 2.24) is 0 Å². The lowest BCUT2D eigenvalue weighted by Crippen LogP contribution is -1.87. The third-order valence-electron chi connectivity index (χ3n) is 1.74. The van der Waals surface area contributed by atoms with Gasteiger partial charge in [-0.3, -0.25) is 0 Å². The lowest BCUT2D eigenvalue weighted by atomic mass is 10.1. The summed E-state index contributed by atoms with van der Waals surface area (Å²) in [5, 5.41) is 0. The minimum atomic E-state index is 0.592. The van der Waals surface area contributed by atoms with Gasteiger partial charge in [-0.1, -0.05) is 24.3 Å². The van der Waals surface area contributed by atoms with Crippen LogP contribution in [0.3, 0.4) is 0 Å². The van der Waals surface area contributed by atoms with Crippen LogP contribution in [0.25, 0.3) is 0 Å². The molecule has 0 amide bonds. The van der Waals surface area contributed by atoms with Crippen LogP contribution in [0.1, 0.15) is 17.5 Å². The minimum Gasteiger partial charge on any atom is -0.127 e. The van der Waals surface area contributed by atoms with E-state index in [0.29, 0.717) is 5.88 Å². The van der Waals surface area contributed by atoms with Crippen molar-refractivity contribution in [2.24, 2.45) is 0 Å². The Morgan fingerprint density at radius 3 is 2.50 bits per heavy atom. The van der Waals surface area contributed by atoms with Gasteiger partial charge in [0.2, 0.25) is 0 Å². The van der Waals surface area contributed by atoms with E-state index in [9.17, 15) is 0 Å². The summed E-state index contributed by atoms with van der Waals surface area (Å²) in [4.78, 5) is 0. The summed E-state index contributed by atoms with van der Waals surface area (Å²) in [6.07, 6.45) is 2.08. The van der Waals surface area contributed by atoms with Crippen LogP contribution in [0.2, 0.25) is 0 Å². The second-order valence-electron chi connectivity index (χ2n) is 2.75. The predicted molar refractivity (Wildman–Crippen MR) is 55.0 cm³/mol. The Bertz CT molecular complexity index is 233. The number of alkyl halides is 2. The van der Waals surface area contributed by atoms with Crippen molar-refractivity contribution in [2.45, 2.75) is 18.7 Å². The van der Waals surface area contributed by atoms with Crippen LogP contribution in [0, 0.1) is 0 Å². The Morgan fingerprint density at radius 2 is 1.83 bits per heavy atom. The molecule has 66 valence electrons. The average molecular weight is 203 g/mol. The molecule has 0 nitrogen and oxygen atoms in total. The maximum absolute atomic E-state index is 5.71. The number of benzene rings is 1. The van der Waals surface area contributed by atoms with Crippen molar-refractivity contribution in [3.05, 3.63) is 35.4 Å². The van der Waals surface area contributed by atoms with E-state index in [0.717, 1.165) is 18.7 Å². The summed E-state index contributed by atoms with van der Waals surface area (Å²) in [6, 6.07) is 8.33. The second-order valence-corrected chi connectivity index (χ2v) is 3.39. The zero-order valence-electron chi connectivity index (χ0n) is 6.89. The molecule has 12 heavy (non-hydrogen) atoms. The van der Waals surface area contributed by atoms with Crippen molar-refractivity contribution < 1.29 is 0 Å². The van der Waals surface area contributed by atoms with Gasteiger partial charge in [-0.05, 0) is 24.0 Å². The van der Waals surface area contributed by atoms with Crippen molar-refractivity contribution >= 4 is 23.2 Å². The molecule has 1 aromatic carbocycles. The van der Waals surface area contributed by atoms with Crippen molar-refractivity contribution in [2.75, 3.05) is 5.88 Å². The highest BCUT2D eigenvalue weighted by molar-refractivity contribution is 6.17. The van der Waals surface area contributed by atoms with Crippen LogP contribution >= 0.6 is 23.2 Å². The molecule has 1 aromatic rings. The first-order chi connectivity index (χ1) is 5.86. The van der Waals surface area contributed by atoms with Crippen molar-refractivity contribution in [3.63, 3.8) is 0 Å². The Hall–Kier alpha value is -0.200. The Balaban J connectivity index is 2.60. The first kappa shape index (κ1) is 9.88. The van der Waals surface area contributed by atoms with E-state index in [1.54, 1.807) is 0 Å². The molecule has 2 heteroatoms. The van der Waals surface area contributed by atoms with Gasteiger partial charge in [0.15, 0.2) is 0 Å². The summed E-state index contributed by atoms with van der Waals surface area (Å²) in [7, 11) is 0. The van der Waals surface area contributed by atoms with Gasteiger partial charge in [0.1, 0.15) is 0 Å². The van der Waals surface area contributed by atoms with Gasteiger partial charge in [0, 0.05) is 11.8 Å². The van der Waals surface area contributed by atoms with Crippen molar-refractivity contribution in [3.8, 4) is 0 Å². The molecule has 0 saturated heterocycles. The number of rotatable bonds is 4. The van der Waals surface area contributed by atoms with Crippen LogP contribution < -0.4 is 0 Å². The largest absolute Gasteiger partial charge is 0.127 e. The molecule has 0 heterocycles.